The molecule has 1 saturated heterocycles. The predicted molar refractivity (Wildman–Crippen MR) is 72.5 cm³/mol. The SMILES string of the molecule is CC(C)(C)[Si](C)(C)OC1CC(=O)N(CC(N)=O)C1. The van der Waals surface area contributed by atoms with Gasteiger partial charge >= 0.3 is 0 Å². The van der Waals surface area contributed by atoms with E-state index in [0.29, 0.717) is 13.0 Å². The highest BCUT2D eigenvalue weighted by Crippen LogP contribution is 2.38. The number of hydrogen-bond acceptors (Lipinski definition) is 3. The standard InChI is InChI=1S/C12H24N2O3Si/c1-12(2,3)18(4,5)17-9-6-11(16)14(7-9)8-10(13)15/h9H,6-8H2,1-5H3,(H2,13,15). The highest BCUT2D eigenvalue weighted by molar-refractivity contribution is 6.74. The van der Waals surface area contributed by atoms with Crippen molar-refractivity contribution in [1.82, 2.24) is 4.90 Å². The summed E-state index contributed by atoms with van der Waals surface area (Å²) < 4.78 is 6.17. The second kappa shape index (κ2) is 5.01. The summed E-state index contributed by atoms with van der Waals surface area (Å²) in [5.41, 5.74) is 5.11. The topological polar surface area (TPSA) is 72.6 Å². The number of nitrogens with zero attached hydrogens (tertiary/aromatic N) is 1. The predicted octanol–water partition coefficient (Wildman–Crippen LogP) is 1.09. The Morgan fingerprint density at radius 2 is 2.06 bits per heavy atom. The van der Waals surface area contributed by atoms with Gasteiger partial charge in [0.15, 0.2) is 8.32 Å². The summed E-state index contributed by atoms with van der Waals surface area (Å²) in [6.07, 6.45) is 0.262. The molecular formula is C12H24N2O3Si. The quantitative estimate of drug-likeness (QED) is 0.779. The van der Waals surface area contributed by atoms with Crippen LogP contribution in [0.5, 0.6) is 0 Å². The number of likely N-dealkylation sites (tertiary alicyclic amines) is 1. The molecule has 0 saturated carbocycles. The van der Waals surface area contributed by atoms with Crippen molar-refractivity contribution in [3.8, 4) is 0 Å². The molecule has 6 heteroatoms. The maximum absolute atomic E-state index is 11.7. The van der Waals surface area contributed by atoms with Gasteiger partial charge in [-0.15, -0.1) is 0 Å². The normalized spacial score (nSPS) is 21.5. The van der Waals surface area contributed by atoms with Crippen molar-refractivity contribution in [1.29, 1.82) is 0 Å². The van der Waals surface area contributed by atoms with Crippen molar-refractivity contribution < 1.29 is 14.0 Å². The number of nitrogens with two attached hydrogens (primary N) is 1. The molecule has 2 N–H and O–H groups in total. The van der Waals surface area contributed by atoms with E-state index >= 15 is 0 Å². The monoisotopic (exact) mass is 272 g/mol. The van der Waals surface area contributed by atoms with Gasteiger partial charge in [0.05, 0.1) is 19.1 Å². The van der Waals surface area contributed by atoms with Crippen molar-refractivity contribution in [3.63, 3.8) is 0 Å². The largest absolute Gasteiger partial charge is 0.412 e. The van der Waals surface area contributed by atoms with Crippen LogP contribution < -0.4 is 5.73 Å². The molecule has 1 fully saturated rings. The van der Waals surface area contributed by atoms with Gasteiger partial charge in [-0.2, -0.15) is 0 Å². The van der Waals surface area contributed by atoms with Crippen LogP contribution in [0.3, 0.4) is 0 Å². The molecule has 1 rings (SSSR count). The summed E-state index contributed by atoms with van der Waals surface area (Å²) in [6, 6.07) is 0. The van der Waals surface area contributed by atoms with Crippen molar-refractivity contribution in [2.75, 3.05) is 13.1 Å². The van der Waals surface area contributed by atoms with E-state index in [4.69, 9.17) is 10.2 Å². The maximum atomic E-state index is 11.7. The van der Waals surface area contributed by atoms with E-state index in [1.165, 1.54) is 4.90 Å². The minimum Gasteiger partial charge on any atom is -0.412 e. The van der Waals surface area contributed by atoms with Crippen LogP contribution in [0, 0.1) is 0 Å². The number of amides is 2. The Morgan fingerprint density at radius 3 is 2.50 bits per heavy atom. The number of carbonyl (C=O) groups is 2. The molecule has 1 aliphatic heterocycles. The van der Waals surface area contributed by atoms with Crippen LogP contribution in [0.15, 0.2) is 0 Å². The van der Waals surface area contributed by atoms with Crippen molar-refractivity contribution in [2.24, 2.45) is 5.73 Å². The van der Waals surface area contributed by atoms with Crippen LogP contribution in [0.4, 0.5) is 0 Å². The average molecular weight is 272 g/mol. The zero-order valence-electron chi connectivity index (χ0n) is 11.9. The smallest absolute Gasteiger partial charge is 0.237 e. The molecule has 0 spiro atoms. The van der Waals surface area contributed by atoms with Gasteiger partial charge < -0.3 is 15.1 Å². The maximum Gasteiger partial charge on any atom is 0.237 e. The molecule has 1 aliphatic rings. The summed E-state index contributed by atoms with van der Waals surface area (Å²) in [4.78, 5) is 24.0. The van der Waals surface area contributed by atoms with Crippen LogP contribution in [-0.4, -0.2) is 44.2 Å². The van der Waals surface area contributed by atoms with Gasteiger partial charge in [0.2, 0.25) is 11.8 Å². The lowest BCUT2D eigenvalue weighted by molar-refractivity contribution is -0.132. The Morgan fingerprint density at radius 1 is 1.50 bits per heavy atom. The van der Waals surface area contributed by atoms with Crippen LogP contribution in [0.2, 0.25) is 18.1 Å². The van der Waals surface area contributed by atoms with E-state index in [-0.39, 0.29) is 23.6 Å². The Balaban J connectivity index is 2.62. The van der Waals surface area contributed by atoms with Gasteiger partial charge in [-0.1, -0.05) is 20.8 Å². The summed E-state index contributed by atoms with van der Waals surface area (Å²) in [5, 5.41) is 0.118. The van der Waals surface area contributed by atoms with E-state index in [2.05, 4.69) is 33.9 Å². The fraction of sp³-hybridized carbons (Fsp3) is 0.833. The Bertz CT molecular complexity index is 350. The lowest BCUT2D eigenvalue weighted by Crippen LogP contribution is -2.44. The second-order valence-corrected chi connectivity index (χ2v) is 11.2. The third-order valence-corrected chi connectivity index (χ3v) is 8.33. The molecule has 1 atom stereocenters. The third-order valence-electron chi connectivity index (χ3n) is 3.79. The molecule has 2 amide bonds. The lowest BCUT2D eigenvalue weighted by Gasteiger charge is -2.38. The molecule has 1 unspecified atom stereocenters. The third kappa shape index (κ3) is 3.55. The van der Waals surface area contributed by atoms with Crippen molar-refractivity contribution >= 4 is 20.1 Å². The second-order valence-electron chi connectivity index (χ2n) is 6.44. The molecule has 0 aromatic heterocycles. The summed E-state index contributed by atoms with van der Waals surface area (Å²) in [7, 11) is -1.86. The summed E-state index contributed by atoms with van der Waals surface area (Å²) >= 11 is 0. The minimum absolute atomic E-state index is 0.00377. The summed E-state index contributed by atoms with van der Waals surface area (Å²) in [5.74, 6) is -0.520. The van der Waals surface area contributed by atoms with Crippen molar-refractivity contribution in [3.05, 3.63) is 0 Å². The van der Waals surface area contributed by atoms with Gasteiger partial charge in [-0.25, -0.2) is 0 Å². The first-order valence-electron chi connectivity index (χ1n) is 6.27. The first-order chi connectivity index (χ1) is 8.03. The molecule has 5 nitrogen and oxygen atoms in total. The fourth-order valence-electron chi connectivity index (χ4n) is 1.75. The molecule has 0 aromatic carbocycles. The van der Waals surface area contributed by atoms with Crippen LogP contribution in [0.25, 0.3) is 0 Å². The van der Waals surface area contributed by atoms with E-state index in [0.717, 1.165) is 0 Å². The minimum atomic E-state index is -1.86. The summed E-state index contributed by atoms with van der Waals surface area (Å²) in [6.45, 7) is 11.3. The molecule has 1 heterocycles. The molecule has 18 heavy (non-hydrogen) atoms. The Hall–Kier alpha value is -0.883. The zero-order valence-corrected chi connectivity index (χ0v) is 12.9. The van der Waals surface area contributed by atoms with E-state index in [1.54, 1.807) is 0 Å². The molecule has 0 aromatic rings. The fourth-order valence-corrected chi connectivity index (χ4v) is 3.09. The highest BCUT2D eigenvalue weighted by atomic mass is 28.4. The van der Waals surface area contributed by atoms with Gasteiger partial charge in [-0.05, 0) is 18.1 Å². The van der Waals surface area contributed by atoms with Crippen molar-refractivity contribution in [2.45, 2.75) is 51.4 Å². The van der Waals surface area contributed by atoms with Crippen LogP contribution >= 0.6 is 0 Å². The highest BCUT2D eigenvalue weighted by Gasteiger charge is 2.42. The molecule has 0 bridgehead atoms. The van der Waals surface area contributed by atoms with E-state index in [9.17, 15) is 9.59 Å². The Kier molecular flexibility index (Phi) is 4.22. The van der Waals surface area contributed by atoms with Gasteiger partial charge in [-0.3, -0.25) is 9.59 Å². The van der Waals surface area contributed by atoms with Gasteiger partial charge in [0.1, 0.15) is 0 Å². The molecule has 104 valence electrons. The lowest BCUT2D eigenvalue weighted by atomic mass is 10.2. The molecular weight excluding hydrogens is 248 g/mol. The average Bonchev–Trinajstić information content (AvgIpc) is 2.42. The van der Waals surface area contributed by atoms with E-state index in [1.807, 2.05) is 0 Å². The first kappa shape index (κ1) is 15.2. The number of primary amides is 1. The zero-order chi connectivity index (χ0) is 14.1. The van der Waals surface area contributed by atoms with Gasteiger partial charge in [0.25, 0.3) is 0 Å². The van der Waals surface area contributed by atoms with Crippen LogP contribution in [-0.2, 0) is 14.0 Å². The van der Waals surface area contributed by atoms with Gasteiger partial charge in [0, 0.05) is 6.54 Å². The number of carbonyl (C=O) groups excluding carboxylic acids is 2. The van der Waals surface area contributed by atoms with Crippen LogP contribution in [0.1, 0.15) is 27.2 Å². The number of hydrogen-bond donors (Lipinski definition) is 1. The number of rotatable bonds is 4. The molecule has 0 aliphatic carbocycles. The first-order valence-corrected chi connectivity index (χ1v) is 9.17. The molecule has 0 radical (unpaired) electrons. The Labute approximate surface area is 110 Å². The van der Waals surface area contributed by atoms with E-state index < -0.39 is 14.2 Å².